The third-order valence-corrected chi connectivity index (χ3v) is 6.07. The van der Waals surface area contributed by atoms with E-state index in [-0.39, 0.29) is 30.9 Å². The summed E-state index contributed by atoms with van der Waals surface area (Å²) in [5.41, 5.74) is -1.05. The van der Waals surface area contributed by atoms with Crippen LogP contribution in [0.5, 0.6) is 0 Å². The molecule has 3 aliphatic rings. The molecule has 28 heavy (non-hydrogen) atoms. The van der Waals surface area contributed by atoms with Gasteiger partial charge in [0, 0.05) is 19.1 Å². The zero-order valence-corrected chi connectivity index (χ0v) is 16.3. The molecule has 3 N–H and O–H groups in total. The third kappa shape index (κ3) is 3.41. The molecule has 0 aliphatic carbocycles. The van der Waals surface area contributed by atoms with Gasteiger partial charge in [0.15, 0.2) is 0 Å². The second kappa shape index (κ2) is 7.57. The van der Waals surface area contributed by atoms with E-state index in [0.717, 1.165) is 12.8 Å². The number of carbonyl (C=O) groups is 4. The summed E-state index contributed by atoms with van der Waals surface area (Å²) in [6.07, 6.45) is 0.355. The van der Waals surface area contributed by atoms with E-state index in [1.165, 1.54) is 16.7 Å². The second-order valence-electron chi connectivity index (χ2n) is 8.04. The lowest BCUT2D eigenvalue weighted by Crippen LogP contribution is -2.75. The number of nitrogens with zero attached hydrogens (tertiary/aromatic N) is 3. The number of likely N-dealkylation sites (tertiary alicyclic amines) is 3. The van der Waals surface area contributed by atoms with E-state index in [2.05, 4.69) is 0 Å². The molecule has 1 spiro atoms. The summed E-state index contributed by atoms with van der Waals surface area (Å²) < 4.78 is 0. The fourth-order valence-electron chi connectivity index (χ4n) is 4.60. The minimum Gasteiger partial charge on any atom is -0.465 e. The number of β-lactam (4-membered cyclic amide) rings is 1. The molecule has 3 aliphatic heterocycles. The van der Waals surface area contributed by atoms with E-state index >= 15 is 0 Å². The smallest absolute Gasteiger partial charge is 0.405 e. The Balaban J connectivity index is 1.72. The summed E-state index contributed by atoms with van der Waals surface area (Å²) in [6.45, 7) is 4.81. The summed E-state index contributed by atoms with van der Waals surface area (Å²) >= 11 is 0. The van der Waals surface area contributed by atoms with Crippen LogP contribution in [0.15, 0.2) is 0 Å². The Hall–Kier alpha value is -2.36. The first-order valence-electron chi connectivity index (χ1n) is 9.75. The molecule has 3 heterocycles. The molecule has 156 valence electrons. The van der Waals surface area contributed by atoms with Crippen molar-refractivity contribution in [2.75, 3.05) is 26.2 Å². The lowest BCUT2D eigenvalue weighted by molar-refractivity contribution is -0.172. The number of aliphatic hydroxyl groups is 1. The van der Waals surface area contributed by atoms with E-state index in [1.54, 1.807) is 11.8 Å². The monoisotopic (exact) mass is 396 g/mol. The molecule has 4 atom stereocenters. The van der Waals surface area contributed by atoms with Crippen LogP contribution in [-0.4, -0.2) is 98.6 Å². The number of amides is 4. The highest BCUT2D eigenvalue weighted by molar-refractivity contribution is 6.00. The maximum Gasteiger partial charge on any atom is 0.405 e. The van der Waals surface area contributed by atoms with E-state index < -0.39 is 29.7 Å². The topological polar surface area (TPSA) is 130 Å². The molecule has 0 aromatic rings. The van der Waals surface area contributed by atoms with Crippen LogP contribution in [0, 0.1) is 0 Å². The molecule has 0 aromatic heterocycles. The van der Waals surface area contributed by atoms with Crippen LogP contribution in [-0.2, 0) is 14.4 Å². The molecular weight excluding hydrogens is 368 g/mol. The molecule has 3 fully saturated rings. The minimum absolute atomic E-state index is 0.00417. The van der Waals surface area contributed by atoms with Gasteiger partial charge >= 0.3 is 6.09 Å². The molecule has 2 unspecified atom stereocenters. The number of hydrogen-bond donors (Lipinski definition) is 3. The van der Waals surface area contributed by atoms with Crippen molar-refractivity contribution in [1.82, 2.24) is 20.0 Å². The largest absolute Gasteiger partial charge is 0.465 e. The van der Waals surface area contributed by atoms with Crippen LogP contribution in [0.3, 0.4) is 0 Å². The first-order chi connectivity index (χ1) is 13.2. The zero-order chi connectivity index (χ0) is 20.6. The molecule has 10 heteroatoms. The fraction of sp³-hybridized carbons (Fsp3) is 0.778. The zero-order valence-electron chi connectivity index (χ0n) is 16.3. The second-order valence-corrected chi connectivity index (χ2v) is 8.04. The number of nitrogens with one attached hydrogen (secondary N) is 1. The summed E-state index contributed by atoms with van der Waals surface area (Å²) in [7, 11) is 0. The lowest BCUT2D eigenvalue weighted by atomic mass is 9.85. The molecule has 3 rings (SSSR count). The number of carboxylic acid groups (broad SMARTS) is 1. The Morgan fingerprint density at radius 1 is 1.29 bits per heavy atom. The minimum atomic E-state index is -1.42. The van der Waals surface area contributed by atoms with Gasteiger partial charge in [-0.25, -0.2) is 4.79 Å². The van der Waals surface area contributed by atoms with Crippen molar-refractivity contribution in [2.24, 2.45) is 0 Å². The van der Waals surface area contributed by atoms with Crippen LogP contribution in [0.1, 0.15) is 39.5 Å². The van der Waals surface area contributed by atoms with Gasteiger partial charge in [0.1, 0.15) is 11.6 Å². The van der Waals surface area contributed by atoms with E-state index in [4.69, 9.17) is 5.11 Å². The van der Waals surface area contributed by atoms with Gasteiger partial charge in [0.05, 0.1) is 19.2 Å². The van der Waals surface area contributed by atoms with Gasteiger partial charge in [-0.3, -0.25) is 14.4 Å². The first kappa shape index (κ1) is 20.4. The van der Waals surface area contributed by atoms with Gasteiger partial charge in [-0.2, -0.15) is 0 Å². The summed E-state index contributed by atoms with van der Waals surface area (Å²) in [5, 5.41) is 20.9. The molecule has 0 aromatic carbocycles. The lowest BCUT2D eigenvalue weighted by Gasteiger charge is -2.52. The quantitative estimate of drug-likeness (QED) is 0.523. The Kier molecular flexibility index (Phi) is 5.51. The van der Waals surface area contributed by atoms with Crippen LogP contribution in [0.25, 0.3) is 0 Å². The predicted molar refractivity (Wildman–Crippen MR) is 97.3 cm³/mol. The number of aliphatic hydroxyl groups excluding tert-OH is 1. The Labute approximate surface area is 163 Å². The van der Waals surface area contributed by atoms with Gasteiger partial charge in [-0.1, -0.05) is 0 Å². The van der Waals surface area contributed by atoms with E-state index in [0.29, 0.717) is 25.9 Å². The van der Waals surface area contributed by atoms with Crippen molar-refractivity contribution in [3.05, 3.63) is 0 Å². The van der Waals surface area contributed by atoms with Crippen molar-refractivity contribution < 1.29 is 29.4 Å². The van der Waals surface area contributed by atoms with Crippen molar-refractivity contribution in [1.29, 1.82) is 0 Å². The molecule has 4 amide bonds. The summed E-state index contributed by atoms with van der Waals surface area (Å²) in [6, 6.07) is -1.60. The van der Waals surface area contributed by atoms with Crippen molar-refractivity contribution in [3.63, 3.8) is 0 Å². The number of rotatable bonds is 5. The first-order valence-corrected chi connectivity index (χ1v) is 9.75. The Morgan fingerprint density at radius 2 is 1.93 bits per heavy atom. The molecule has 0 radical (unpaired) electrons. The normalized spacial score (nSPS) is 29.0. The van der Waals surface area contributed by atoms with Gasteiger partial charge < -0.3 is 30.2 Å². The summed E-state index contributed by atoms with van der Waals surface area (Å²) in [5.74, 6) is -0.974. The number of hydrogen-bond acceptors (Lipinski definition) is 5. The predicted octanol–water partition coefficient (Wildman–Crippen LogP) is -0.782. The van der Waals surface area contributed by atoms with Gasteiger partial charge in [0.2, 0.25) is 11.8 Å². The summed E-state index contributed by atoms with van der Waals surface area (Å²) in [4.78, 5) is 54.0. The van der Waals surface area contributed by atoms with Crippen molar-refractivity contribution in [3.8, 4) is 0 Å². The van der Waals surface area contributed by atoms with Crippen LogP contribution in [0.2, 0.25) is 0 Å². The maximum atomic E-state index is 13.0. The maximum absolute atomic E-state index is 13.0. The van der Waals surface area contributed by atoms with E-state index in [1.807, 2.05) is 5.32 Å². The van der Waals surface area contributed by atoms with Crippen LogP contribution < -0.4 is 5.32 Å². The average Bonchev–Trinajstić information content (AvgIpc) is 3.27. The van der Waals surface area contributed by atoms with Crippen molar-refractivity contribution >= 4 is 23.8 Å². The molecule has 0 saturated carbocycles. The third-order valence-electron chi connectivity index (χ3n) is 6.07. The standard InChI is InChI=1S/C18H28N4O6/c1-11-5-6-18(22(11)15(25)14(12(2)23)19-17(27)28)10-21(16(18)26)9-13(24)20-7-3-4-8-20/h11-12,14,19,23H,3-10H2,1-2H3,(H,27,28)/t11?,12-,14+,18?/m1/s1. The fourth-order valence-corrected chi connectivity index (χ4v) is 4.60. The molecule has 10 nitrogen and oxygen atoms in total. The van der Waals surface area contributed by atoms with Crippen molar-refractivity contribution in [2.45, 2.75) is 63.3 Å². The molecular formula is C18H28N4O6. The highest BCUT2D eigenvalue weighted by Gasteiger charge is 2.62. The number of carbonyl (C=O) groups excluding carboxylic acids is 3. The highest BCUT2D eigenvalue weighted by Crippen LogP contribution is 2.42. The Morgan fingerprint density at radius 3 is 2.46 bits per heavy atom. The van der Waals surface area contributed by atoms with Crippen LogP contribution >= 0.6 is 0 Å². The Bertz CT molecular complexity index is 677. The van der Waals surface area contributed by atoms with Gasteiger partial charge in [-0.05, 0) is 39.5 Å². The highest BCUT2D eigenvalue weighted by atomic mass is 16.4. The molecule has 0 bridgehead atoms. The molecule has 3 saturated heterocycles. The van der Waals surface area contributed by atoms with Gasteiger partial charge in [-0.15, -0.1) is 0 Å². The SMILES string of the molecule is CC1CCC2(CN(CC(=O)N3CCCC3)C2=O)N1C(=O)[C@@H](NC(=O)O)[C@@H](C)O. The van der Waals surface area contributed by atoms with E-state index in [9.17, 15) is 24.3 Å². The average molecular weight is 396 g/mol. The van der Waals surface area contributed by atoms with Crippen LogP contribution in [0.4, 0.5) is 4.79 Å². The van der Waals surface area contributed by atoms with Gasteiger partial charge in [0.25, 0.3) is 5.91 Å².